The fraction of sp³-hybridized carbons (Fsp3) is 0.421. The number of aromatic nitrogens is 2. The summed E-state index contributed by atoms with van der Waals surface area (Å²) < 4.78 is 1.86. The van der Waals surface area contributed by atoms with E-state index in [4.69, 9.17) is 0 Å². The summed E-state index contributed by atoms with van der Waals surface area (Å²) in [5.74, 6) is -0.222. The number of rotatable bonds is 4. The Morgan fingerprint density at radius 1 is 1.28 bits per heavy atom. The van der Waals surface area contributed by atoms with Gasteiger partial charge in [-0.15, -0.1) is 0 Å². The normalized spacial score (nSPS) is 17.7. The van der Waals surface area contributed by atoms with Gasteiger partial charge in [-0.2, -0.15) is 5.10 Å². The monoisotopic (exact) mass is 340 g/mol. The second-order valence-electron chi connectivity index (χ2n) is 6.48. The molecule has 0 radical (unpaired) electrons. The number of benzene rings is 1. The molecular weight excluding hydrogens is 316 g/mol. The van der Waals surface area contributed by atoms with Crippen LogP contribution in [0, 0.1) is 13.8 Å². The molecule has 2 heterocycles. The Morgan fingerprint density at radius 3 is 2.80 bits per heavy atom. The fourth-order valence-corrected chi connectivity index (χ4v) is 3.23. The first-order chi connectivity index (χ1) is 12.1. The molecule has 0 saturated carbocycles. The number of aryl methyl sites for hydroxylation is 1. The van der Waals surface area contributed by atoms with E-state index in [-0.39, 0.29) is 18.2 Å². The highest BCUT2D eigenvalue weighted by Crippen LogP contribution is 2.18. The highest BCUT2D eigenvalue weighted by atomic mass is 16.2. The first-order valence-electron chi connectivity index (χ1n) is 8.74. The molecule has 1 aromatic carbocycles. The Labute approximate surface area is 147 Å². The van der Waals surface area contributed by atoms with Gasteiger partial charge >= 0.3 is 0 Å². The minimum absolute atomic E-state index is 0.0840. The molecule has 0 unspecified atom stereocenters. The zero-order valence-corrected chi connectivity index (χ0v) is 14.7. The minimum atomic E-state index is -0.431. The first-order valence-corrected chi connectivity index (χ1v) is 8.74. The van der Waals surface area contributed by atoms with Crippen molar-refractivity contribution in [3.8, 4) is 5.69 Å². The van der Waals surface area contributed by atoms with Crippen molar-refractivity contribution in [3.63, 3.8) is 0 Å². The molecule has 2 N–H and O–H groups in total. The van der Waals surface area contributed by atoms with Gasteiger partial charge in [-0.05, 0) is 45.2 Å². The second kappa shape index (κ2) is 7.51. The van der Waals surface area contributed by atoms with Crippen molar-refractivity contribution in [3.05, 3.63) is 47.3 Å². The number of para-hydroxylation sites is 1. The lowest BCUT2D eigenvalue weighted by molar-refractivity contribution is -0.128. The molecule has 1 aliphatic rings. The van der Waals surface area contributed by atoms with Crippen molar-refractivity contribution in [1.82, 2.24) is 20.4 Å². The number of carbonyl (C=O) groups is 2. The van der Waals surface area contributed by atoms with E-state index >= 15 is 0 Å². The molecule has 1 fully saturated rings. The number of hydrogen-bond donors (Lipinski definition) is 2. The van der Waals surface area contributed by atoms with Crippen molar-refractivity contribution >= 4 is 11.8 Å². The molecule has 2 aromatic rings. The van der Waals surface area contributed by atoms with Crippen LogP contribution in [0.5, 0.6) is 0 Å². The van der Waals surface area contributed by atoms with Gasteiger partial charge in [-0.25, -0.2) is 4.68 Å². The van der Waals surface area contributed by atoms with Crippen LogP contribution in [0.3, 0.4) is 0 Å². The second-order valence-corrected chi connectivity index (χ2v) is 6.48. The largest absolute Gasteiger partial charge is 0.354 e. The molecular formula is C19H24N4O2. The first kappa shape index (κ1) is 17.2. The van der Waals surface area contributed by atoms with Crippen LogP contribution in [0.4, 0.5) is 0 Å². The maximum Gasteiger partial charge on any atom is 0.242 e. The molecule has 132 valence electrons. The molecule has 1 saturated heterocycles. The molecule has 0 bridgehead atoms. The minimum Gasteiger partial charge on any atom is -0.354 e. The van der Waals surface area contributed by atoms with E-state index in [1.165, 1.54) is 0 Å². The van der Waals surface area contributed by atoms with E-state index in [2.05, 4.69) is 15.7 Å². The Hall–Kier alpha value is -2.63. The van der Waals surface area contributed by atoms with Crippen LogP contribution in [0.15, 0.2) is 30.3 Å². The fourth-order valence-electron chi connectivity index (χ4n) is 3.23. The van der Waals surface area contributed by atoms with Gasteiger partial charge in [0.1, 0.15) is 6.04 Å². The van der Waals surface area contributed by atoms with E-state index in [1.807, 2.05) is 48.9 Å². The third-order valence-electron chi connectivity index (χ3n) is 4.65. The lowest BCUT2D eigenvalue weighted by atomic mass is 10.1. The van der Waals surface area contributed by atoms with Gasteiger partial charge in [0.25, 0.3) is 0 Å². The Morgan fingerprint density at radius 2 is 2.04 bits per heavy atom. The van der Waals surface area contributed by atoms with Crippen molar-refractivity contribution < 1.29 is 9.59 Å². The summed E-state index contributed by atoms with van der Waals surface area (Å²) >= 11 is 0. The van der Waals surface area contributed by atoms with Gasteiger partial charge in [-0.1, -0.05) is 18.2 Å². The van der Waals surface area contributed by atoms with Crippen LogP contribution in [-0.2, 0) is 16.0 Å². The van der Waals surface area contributed by atoms with Gasteiger partial charge < -0.3 is 10.6 Å². The molecule has 1 atom stereocenters. The zero-order chi connectivity index (χ0) is 17.8. The molecule has 3 rings (SSSR count). The summed E-state index contributed by atoms with van der Waals surface area (Å²) in [5.41, 5.74) is 3.67. The highest BCUT2D eigenvalue weighted by molar-refractivity contribution is 5.88. The topological polar surface area (TPSA) is 76.0 Å². The van der Waals surface area contributed by atoms with Gasteiger partial charge in [0, 0.05) is 17.8 Å². The zero-order valence-electron chi connectivity index (χ0n) is 14.7. The highest BCUT2D eigenvalue weighted by Gasteiger charge is 2.23. The maximum absolute atomic E-state index is 12.5. The van der Waals surface area contributed by atoms with Crippen molar-refractivity contribution in [1.29, 1.82) is 0 Å². The van der Waals surface area contributed by atoms with Crippen LogP contribution >= 0.6 is 0 Å². The van der Waals surface area contributed by atoms with E-state index < -0.39 is 6.04 Å². The predicted molar refractivity (Wildman–Crippen MR) is 95.5 cm³/mol. The van der Waals surface area contributed by atoms with Gasteiger partial charge in [-0.3, -0.25) is 9.59 Å². The summed E-state index contributed by atoms with van der Waals surface area (Å²) in [7, 11) is 0. The van der Waals surface area contributed by atoms with E-state index in [9.17, 15) is 9.59 Å². The quantitative estimate of drug-likeness (QED) is 0.891. The molecule has 0 aliphatic carbocycles. The number of hydrogen-bond acceptors (Lipinski definition) is 3. The van der Waals surface area contributed by atoms with Crippen LogP contribution in [0.1, 0.15) is 36.2 Å². The smallest absolute Gasteiger partial charge is 0.242 e. The van der Waals surface area contributed by atoms with Gasteiger partial charge in [0.05, 0.1) is 17.8 Å². The lowest BCUT2D eigenvalue weighted by Gasteiger charge is -2.15. The summed E-state index contributed by atoms with van der Waals surface area (Å²) in [5, 5.41) is 10.3. The third kappa shape index (κ3) is 3.90. The number of carbonyl (C=O) groups excluding carboxylic acids is 2. The van der Waals surface area contributed by atoms with Crippen LogP contribution in [-0.4, -0.2) is 34.2 Å². The summed E-state index contributed by atoms with van der Waals surface area (Å²) in [6.45, 7) is 4.56. The molecule has 1 aliphatic heterocycles. The lowest BCUT2D eigenvalue weighted by Crippen LogP contribution is -2.46. The van der Waals surface area contributed by atoms with E-state index in [1.54, 1.807) is 0 Å². The van der Waals surface area contributed by atoms with Crippen molar-refractivity contribution in [2.24, 2.45) is 0 Å². The van der Waals surface area contributed by atoms with Gasteiger partial charge in [0.15, 0.2) is 0 Å². The van der Waals surface area contributed by atoms with E-state index in [0.29, 0.717) is 13.0 Å². The third-order valence-corrected chi connectivity index (χ3v) is 4.65. The molecule has 2 amide bonds. The van der Waals surface area contributed by atoms with E-state index in [0.717, 1.165) is 35.5 Å². The molecule has 0 spiro atoms. The summed E-state index contributed by atoms with van der Waals surface area (Å²) in [4.78, 5) is 24.4. The summed E-state index contributed by atoms with van der Waals surface area (Å²) in [6.07, 6.45) is 2.82. The molecule has 1 aromatic heterocycles. The average Bonchev–Trinajstić information content (AvgIpc) is 2.76. The Kier molecular flexibility index (Phi) is 5.16. The predicted octanol–water partition coefficient (Wildman–Crippen LogP) is 1.82. The van der Waals surface area contributed by atoms with Gasteiger partial charge in [0.2, 0.25) is 11.8 Å². The molecule has 6 nitrogen and oxygen atoms in total. The summed E-state index contributed by atoms with van der Waals surface area (Å²) in [6, 6.07) is 9.42. The average molecular weight is 340 g/mol. The van der Waals surface area contributed by atoms with Crippen LogP contribution in [0.25, 0.3) is 5.69 Å². The van der Waals surface area contributed by atoms with Crippen LogP contribution in [0.2, 0.25) is 0 Å². The standard InChI is InChI=1S/C19H24N4O2/c1-13-16(14(2)23(22-13)15-8-4-3-5-9-15)12-18(24)21-17-10-6-7-11-20-19(17)25/h3-5,8-9,17H,6-7,10-12H2,1-2H3,(H,20,25)(H,21,24)/t17-/m1/s1. The number of amides is 2. The SMILES string of the molecule is Cc1nn(-c2ccccc2)c(C)c1CC(=O)N[C@@H]1CCCCNC1=O. The number of nitrogens with one attached hydrogen (secondary N) is 2. The Bertz CT molecular complexity index is 767. The van der Waals surface area contributed by atoms with Crippen molar-refractivity contribution in [2.45, 2.75) is 45.6 Å². The maximum atomic E-state index is 12.5. The molecule has 25 heavy (non-hydrogen) atoms. The molecule has 6 heteroatoms. The van der Waals surface area contributed by atoms with Crippen LogP contribution < -0.4 is 10.6 Å². The number of nitrogens with zero attached hydrogens (tertiary/aromatic N) is 2. The van der Waals surface area contributed by atoms with Crippen molar-refractivity contribution in [2.75, 3.05) is 6.54 Å². The Balaban J connectivity index is 1.73.